The lowest BCUT2D eigenvalue weighted by Crippen LogP contribution is -2.52. The lowest BCUT2D eigenvalue weighted by atomic mass is 9.96. The maximum absolute atomic E-state index is 13.8. The number of halogens is 3. The molecule has 1 aliphatic heterocycles. The molecule has 1 aliphatic carbocycles. The molecule has 0 unspecified atom stereocenters. The highest BCUT2D eigenvalue weighted by molar-refractivity contribution is 7.09. The second-order valence-corrected chi connectivity index (χ2v) is 12.1. The number of pyridine rings is 1. The summed E-state index contributed by atoms with van der Waals surface area (Å²) in [7, 11) is 0. The SMILES string of the molecule is Cc1ncsc1[C@H](Nc1cc(C#N)c2ncc(C#N)c(NCC(C)(C)C)c2c1)C1=CN(C2(C(F)(F)F)CC2)NN1. The summed E-state index contributed by atoms with van der Waals surface area (Å²) in [6.45, 7) is 8.60. The van der Waals surface area contributed by atoms with Gasteiger partial charge >= 0.3 is 6.18 Å². The van der Waals surface area contributed by atoms with Crippen LogP contribution in [0.5, 0.6) is 0 Å². The maximum atomic E-state index is 13.8. The molecule has 4 N–H and O–H groups in total. The van der Waals surface area contributed by atoms with Crippen molar-refractivity contribution >= 4 is 33.6 Å². The second-order valence-electron chi connectivity index (χ2n) is 11.2. The molecule has 13 heteroatoms. The Kier molecular flexibility index (Phi) is 6.76. The monoisotopic (exact) mass is 567 g/mol. The Hall–Kier alpha value is -4.07. The number of aryl methyl sites for hydroxylation is 1. The van der Waals surface area contributed by atoms with Crippen molar-refractivity contribution in [2.45, 2.75) is 58.3 Å². The van der Waals surface area contributed by atoms with Crippen LogP contribution in [0.25, 0.3) is 10.9 Å². The number of nitrogens with one attached hydrogen (secondary N) is 4. The normalized spacial score (nSPS) is 17.0. The van der Waals surface area contributed by atoms with Crippen molar-refractivity contribution in [3.05, 3.63) is 57.4 Å². The smallest absolute Gasteiger partial charge is 0.383 e. The standard InChI is InChI=1S/C27H28F3N9S/c1-15-24(40-14-35-15)23(20-12-39(38-37-20)26(5-6-26)27(28,29)30)36-18-7-16(9-31)21-19(8-18)22(17(10-32)11-33-21)34-13-25(2,3)4/h7-8,11-12,14,23,36-38H,5-6,13H2,1-4H3,(H,33,34)/t23-/m1/s1. The second kappa shape index (κ2) is 9.84. The Morgan fingerprint density at radius 2 is 1.88 bits per heavy atom. The molecule has 2 aliphatic rings. The molecule has 2 aromatic heterocycles. The van der Waals surface area contributed by atoms with Gasteiger partial charge in [-0.15, -0.1) is 16.9 Å². The van der Waals surface area contributed by atoms with E-state index in [-0.39, 0.29) is 18.3 Å². The van der Waals surface area contributed by atoms with E-state index in [1.165, 1.54) is 23.7 Å². The Balaban J connectivity index is 1.58. The third-order valence-corrected chi connectivity index (χ3v) is 7.97. The highest BCUT2D eigenvalue weighted by Gasteiger charge is 2.67. The van der Waals surface area contributed by atoms with Crippen LogP contribution in [0, 0.1) is 35.0 Å². The zero-order valence-corrected chi connectivity index (χ0v) is 23.2. The molecule has 1 saturated carbocycles. The van der Waals surface area contributed by atoms with Gasteiger partial charge < -0.3 is 16.1 Å². The first-order valence-corrected chi connectivity index (χ1v) is 13.5. The van der Waals surface area contributed by atoms with E-state index in [2.05, 4.69) is 64.5 Å². The highest BCUT2D eigenvalue weighted by Crippen LogP contribution is 2.54. The topological polar surface area (TPSA) is 125 Å². The van der Waals surface area contributed by atoms with E-state index in [1.54, 1.807) is 17.6 Å². The summed E-state index contributed by atoms with van der Waals surface area (Å²) in [5.74, 6) is 0. The number of nitriles is 2. The predicted molar refractivity (Wildman–Crippen MR) is 147 cm³/mol. The Morgan fingerprint density at radius 3 is 2.45 bits per heavy atom. The van der Waals surface area contributed by atoms with Crippen LogP contribution < -0.4 is 21.6 Å². The number of anilines is 2. The van der Waals surface area contributed by atoms with Gasteiger partial charge in [-0.25, -0.2) is 4.98 Å². The first-order valence-electron chi connectivity index (χ1n) is 12.6. The van der Waals surface area contributed by atoms with Crippen LogP contribution in [0.1, 0.15) is 61.4 Å². The number of hydrogen-bond donors (Lipinski definition) is 4. The minimum Gasteiger partial charge on any atom is -0.383 e. The summed E-state index contributed by atoms with van der Waals surface area (Å²) in [5, 5.41) is 28.2. The van der Waals surface area contributed by atoms with E-state index in [0.717, 1.165) is 15.6 Å². The molecule has 1 atom stereocenters. The molecule has 0 amide bonds. The summed E-state index contributed by atoms with van der Waals surface area (Å²) in [6, 6.07) is 7.21. The number of rotatable bonds is 7. The highest BCUT2D eigenvalue weighted by atomic mass is 32.1. The molecule has 5 rings (SSSR count). The lowest BCUT2D eigenvalue weighted by Gasteiger charge is -2.28. The van der Waals surface area contributed by atoms with E-state index in [9.17, 15) is 23.7 Å². The van der Waals surface area contributed by atoms with Crippen molar-refractivity contribution in [1.29, 1.82) is 10.5 Å². The zero-order chi connectivity index (χ0) is 28.9. The number of aromatic nitrogens is 2. The molecule has 0 saturated heterocycles. The van der Waals surface area contributed by atoms with Gasteiger partial charge in [-0.05, 0) is 37.3 Å². The Morgan fingerprint density at radius 1 is 1.15 bits per heavy atom. The maximum Gasteiger partial charge on any atom is 0.413 e. The van der Waals surface area contributed by atoms with E-state index < -0.39 is 17.8 Å². The van der Waals surface area contributed by atoms with E-state index >= 15 is 0 Å². The first-order chi connectivity index (χ1) is 18.9. The fourth-order valence-corrected chi connectivity index (χ4v) is 5.49. The van der Waals surface area contributed by atoms with Gasteiger partial charge in [0.1, 0.15) is 18.2 Å². The van der Waals surface area contributed by atoms with E-state index in [1.807, 2.05) is 6.92 Å². The number of hydrogen-bond acceptors (Lipinski definition) is 10. The third kappa shape index (κ3) is 4.98. The fraction of sp³-hybridized carbons (Fsp3) is 0.407. The molecule has 1 aromatic carbocycles. The van der Waals surface area contributed by atoms with Gasteiger partial charge in [0.2, 0.25) is 0 Å². The van der Waals surface area contributed by atoms with Gasteiger partial charge in [0.25, 0.3) is 0 Å². The molecule has 40 heavy (non-hydrogen) atoms. The molecule has 3 aromatic rings. The molecular weight excluding hydrogens is 539 g/mol. The number of thiazole rings is 1. The van der Waals surface area contributed by atoms with Gasteiger partial charge in [-0.3, -0.25) is 9.99 Å². The number of fused-ring (bicyclic) bond motifs is 1. The van der Waals surface area contributed by atoms with Crippen LogP contribution in [0.2, 0.25) is 0 Å². The van der Waals surface area contributed by atoms with Gasteiger partial charge in [-0.2, -0.15) is 23.7 Å². The Labute approximate surface area is 233 Å². The minimum atomic E-state index is -4.39. The van der Waals surface area contributed by atoms with Gasteiger partial charge in [-0.1, -0.05) is 20.8 Å². The van der Waals surface area contributed by atoms with Gasteiger partial charge in [0, 0.05) is 30.0 Å². The first kappa shape index (κ1) is 27.5. The molecule has 0 bridgehead atoms. The molecule has 9 nitrogen and oxygen atoms in total. The summed E-state index contributed by atoms with van der Waals surface area (Å²) in [5.41, 5.74) is 8.62. The minimum absolute atomic E-state index is 0.00140. The van der Waals surface area contributed by atoms with Crippen molar-refractivity contribution in [1.82, 2.24) is 25.9 Å². The molecule has 0 spiro atoms. The van der Waals surface area contributed by atoms with Crippen molar-refractivity contribution in [3.8, 4) is 12.1 Å². The lowest BCUT2D eigenvalue weighted by molar-refractivity contribution is -0.195. The van der Waals surface area contributed by atoms with Crippen LogP contribution in [0.4, 0.5) is 24.5 Å². The summed E-state index contributed by atoms with van der Waals surface area (Å²) >= 11 is 1.37. The number of benzene rings is 1. The number of hydrazine groups is 2. The summed E-state index contributed by atoms with van der Waals surface area (Å²) in [6.07, 6.45) is -1.50. The average Bonchev–Trinajstić information content (AvgIpc) is 3.39. The molecule has 1 fully saturated rings. The van der Waals surface area contributed by atoms with E-state index in [0.29, 0.717) is 45.6 Å². The van der Waals surface area contributed by atoms with Crippen molar-refractivity contribution in [3.63, 3.8) is 0 Å². The quantitative estimate of drug-likeness (QED) is 0.288. The van der Waals surface area contributed by atoms with Crippen LogP contribution in [-0.2, 0) is 0 Å². The van der Waals surface area contributed by atoms with Gasteiger partial charge in [0.15, 0.2) is 5.54 Å². The van der Waals surface area contributed by atoms with Crippen LogP contribution in [0.15, 0.2) is 35.7 Å². The average molecular weight is 568 g/mol. The van der Waals surface area contributed by atoms with Crippen molar-refractivity contribution in [2.75, 3.05) is 17.2 Å². The number of nitrogens with zero attached hydrogens (tertiary/aromatic N) is 5. The predicted octanol–water partition coefficient (Wildman–Crippen LogP) is 5.62. The molecule has 0 radical (unpaired) electrons. The van der Waals surface area contributed by atoms with Crippen molar-refractivity contribution in [2.24, 2.45) is 5.41 Å². The largest absolute Gasteiger partial charge is 0.413 e. The van der Waals surface area contributed by atoms with Gasteiger partial charge in [0.05, 0.1) is 44.1 Å². The third-order valence-electron chi connectivity index (χ3n) is 6.98. The van der Waals surface area contributed by atoms with E-state index in [4.69, 9.17) is 0 Å². The molecule has 3 heterocycles. The van der Waals surface area contributed by atoms with Crippen LogP contribution in [-0.4, -0.2) is 33.2 Å². The zero-order valence-electron chi connectivity index (χ0n) is 22.4. The van der Waals surface area contributed by atoms with Crippen LogP contribution >= 0.6 is 11.3 Å². The number of alkyl halides is 3. The summed E-state index contributed by atoms with van der Waals surface area (Å²) < 4.78 is 41.4. The fourth-order valence-electron chi connectivity index (χ4n) is 4.62. The Bertz CT molecular complexity index is 1570. The van der Waals surface area contributed by atoms with Crippen molar-refractivity contribution < 1.29 is 13.2 Å². The van der Waals surface area contributed by atoms with Crippen LogP contribution in [0.3, 0.4) is 0 Å². The molecular formula is C27H28F3N9S. The molecule has 208 valence electrons. The summed E-state index contributed by atoms with van der Waals surface area (Å²) in [4.78, 5) is 9.53.